The van der Waals surface area contributed by atoms with Gasteiger partial charge in [0.2, 0.25) is 16.7 Å². The Morgan fingerprint density at radius 3 is 2.47 bits per heavy atom. The molecule has 1 heterocycles. The monoisotopic (exact) mass is 234 g/mol. The standard InChI is InChI=1S/C8H14N2O4S/c1-7(8(2)14-15(11,12)13)10-5-4-9(3)6-10/h4-8H,1-3H3. The zero-order valence-corrected chi connectivity index (χ0v) is 9.64. The van der Waals surface area contributed by atoms with Crippen molar-refractivity contribution in [3.05, 3.63) is 18.7 Å². The molecule has 0 spiro atoms. The highest BCUT2D eigenvalue weighted by Gasteiger charge is 2.21. The second kappa shape index (κ2) is 4.30. The van der Waals surface area contributed by atoms with Gasteiger partial charge in [0.1, 0.15) is 24.5 Å². The van der Waals surface area contributed by atoms with Gasteiger partial charge < -0.3 is 4.55 Å². The van der Waals surface area contributed by atoms with Crippen LogP contribution in [-0.4, -0.2) is 23.6 Å². The fourth-order valence-corrected chi connectivity index (χ4v) is 1.75. The van der Waals surface area contributed by atoms with Crippen molar-refractivity contribution in [3.63, 3.8) is 0 Å². The van der Waals surface area contributed by atoms with E-state index < -0.39 is 16.5 Å². The molecule has 1 rings (SSSR count). The van der Waals surface area contributed by atoms with Crippen LogP contribution in [-0.2, 0) is 21.6 Å². The van der Waals surface area contributed by atoms with Crippen molar-refractivity contribution in [2.24, 2.45) is 7.05 Å². The first-order valence-corrected chi connectivity index (χ1v) is 5.80. The lowest BCUT2D eigenvalue weighted by Crippen LogP contribution is -2.27. The summed E-state index contributed by atoms with van der Waals surface area (Å²) in [5, 5.41) is 0. The van der Waals surface area contributed by atoms with Gasteiger partial charge in [0, 0.05) is 0 Å². The van der Waals surface area contributed by atoms with Crippen molar-refractivity contribution in [3.8, 4) is 0 Å². The minimum absolute atomic E-state index is 0.227. The molecule has 0 radical (unpaired) electrons. The van der Waals surface area contributed by atoms with E-state index >= 15 is 0 Å². The summed E-state index contributed by atoms with van der Waals surface area (Å²) in [7, 11) is -2.79. The third-order valence-corrected chi connectivity index (χ3v) is 2.75. The Bertz CT molecular complexity index is 426. The molecule has 1 aromatic rings. The molecule has 0 aliphatic carbocycles. The summed E-state index contributed by atoms with van der Waals surface area (Å²) in [6.07, 6.45) is 4.68. The zero-order valence-electron chi connectivity index (χ0n) is 8.82. The smallest absolute Gasteiger partial charge is 0.243 e. The third-order valence-electron chi connectivity index (χ3n) is 2.21. The average Bonchev–Trinajstić information content (AvgIpc) is 2.47. The van der Waals surface area contributed by atoms with E-state index in [1.165, 1.54) is 0 Å². The lowest BCUT2D eigenvalue weighted by molar-refractivity contribution is -0.671. The Morgan fingerprint density at radius 1 is 1.47 bits per heavy atom. The Hall–Kier alpha value is -0.920. The molecule has 0 amide bonds. The lowest BCUT2D eigenvalue weighted by atomic mass is 10.2. The van der Waals surface area contributed by atoms with E-state index in [2.05, 4.69) is 4.18 Å². The molecule has 86 valence electrons. The van der Waals surface area contributed by atoms with Gasteiger partial charge in [-0.05, 0) is 13.8 Å². The number of hydrogen-bond acceptors (Lipinski definition) is 4. The summed E-state index contributed by atoms with van der Waals surface area (Å²) in [5.41, 5.74) is 0. The number of aromatic nitrogens is 2. The molecular formula is C8H14N2O4S. The van der Waals surface area contributed by atoms with E-state index in [4.69, 9.17) is 0 Å². The van der Waals surface area contributed by atoms with Crippen LogP contribution in [0.4, 0.5) is 0 Å². The van der Waals surface area contributed by atoms with Gasteiger partial charge >= 0.3 is 0 Å². The molecule has 15 heavy (non-hydrogen) atoms. The molecule has 1 aromatic heterocycles. The number of hydrogen-bond donors (Lipinski definition) is 0. The summed E-state index contributed by atoms with van der Waals surface area (Å²) in [6.45, 7) is 3.32. The minimum Gasteiger partial charge on any atom is -0.726 e. The molecule has 0 aliphatic rings. The summed E-state index contributed by atoms with van der Waals surface area (Å²) in [4.78, 5) is 0. The largest absolute Gasteiger partial charge is 0.726 e. The van der Waals surface area contributed by atoms with Crippen LogP contribution in [0, 0.1) is 0 Å². The molecule has 6 nitrogen and oxygen atoms in total. The number of rotatable bonds is 4. The molecule has 0 saturated heterocycles. The van der Waals surface area contributed by atoms with Gasteiger partial charge in [-0.1, -0.05) is 0 Å². The van der Waals surface area contributed by atoms with Crippen LogP contribution in [0.1, 0.15) is 19.9 Å². The second-order valence-electron chi connectivity index (χ2n) is 3.48. The van der Waals surface area contributed by atoms with Crippen molar-refractivity contribution in [1.29, 1.82) is 0 Å². The third kappa shape index (κ3) is 3.61. The molecule has 0 N–H and O–H groups in total. The molecule has 0 bridgehead atoms. The van der Waals surface area contributed by atoms with Crippen LogP contribution >= 0.6 is 0 Å². The number of nitrogens with zero attached hydrogens (tertiary/aromatic N) is 2. The van der Waals surface area contributed by atoms with Gasteiger partial charge in [0.15, 0.2) is 0 Å². The van der Waals surface area contributed by atoms with Crippen LogP contribution in [0.3, 0.4) is 0 Å². The predicted octanol–water partition coefficient (Wildman–Crippen LogP) is -0.261. The van der Waals surface area contributed by atoms with E-state index in [-0.39, 0.29) is 6.04 Å². The van der Waals surface area contributed by atoms with Gasteiger partial charge in [-0.25, -0.2) is 17.6 Å². The maximum atomic E-state index is 10.4. The van der Waals surface area contributed by atoms with Crippen LogP contribution < -0.4 is 4.57 Å². The quantitative estimate of drug-likeness (QED) is 0.408. The van der Waals surface area contributed by atoms with Gasteiger partial charge in [0.05, 0.1) is 7.05 Å². The van der Waals surface area contributed by atoms with Crippen molar-refractivity contribution < 1.29 is 21.7 Å². The number of imidazole rings is 1. The lowest BCUT2D eigenvalue weighted by Gasteiger charge is -2.18. The maximum Gasteiger partial charge on any atom is 0.243 e. The van der Waals surface area contributed by atoms with E-state index in [1.54, 1.807) is 30.9 Å². The zero-order chi connectivity index (χ0) is 11.6. The summed E-state index contributed by atoms with van der Waals surface area (Å²) >= 11 is 0. The van der Waals surface area contributed by atoms with Gasteiger partial charge in [-0.3, -0.25) is 4.18 Å². The maximum absolute atomic E-state index is 10.4. The van der Waals surface area contributed by atoms with Crippen LogP contribution in [0.25, 0.3) is 0 Å². The highest BCUT2D eigenvalue weighted by atomic mass is 32.3. The Kier molecular flexibility index (Phi) is 3.48. The summed E-state index contributed by atoms with van der Waals surface area (Å²) < 4.78 is 39.1. The molecule has 0 saturated carbocycles. The van der Waals surface area contributed by atoms with Crippen molar-refractivity contribution >= 4 is 10.4 Å². The van der Waals surface area contributed by atoms with Crippen molar-refractivity contribution in [1.82, 2.24) is 4.57 Å². The first kappa shape index (κ1) is 12.2. The van der Waals surface area contributed by atoms with E-state index in [0.29, 0.717) is 0 Å². The first-order valence-electron chi connectivity index (χ1n) is 4.46. The summed E-state index contributed by atoms with van der Waals surface area (Å²) in [5.74, 6) is 0. The average molecular weight is 234 g/mol. The topological polar surface area (TPSA) is 75.2 Å². The Balaban J connectivity index is 2.73. The van der Waals surface area contributed by atoms with Gasteiger partial charge in [-0.15, -0.1) is 0 Å². The second-order valence-corrected chi connectivity index (χ2v) is 4.49. The van der Waals surface area contributed by atoms with Crippen LogP contribution in [0.15, 0.2) is 18.7 Å². The van der Waals surface area contributed by atoms with E-state index in [0.717, 1.165) is 0 Å². The Morgan fingerprint density at radius 2 is 2.07 bits per heavy atom. The van der Waals surface area contributed by atoms with E-state index in [9.17, 15) is 13.0 Å². The molecular weight excluding hydrogens is 220 g/mol. The predicted molar refractivity (Wildman–Crippen MR) is 50.6 cm³/mol. The van der Waals surface area contributed by atoms with Crippen molar-refractivity contribution in [2.75, 3.05) is 0 Å². The molecule has 2 unspecified atom stereocenters. The van der Waals surface area contributed by atoms with Crippen molar-refractivity contribution in [2.45, 2.75) is 26.0 Å². The molecule has 2 atom stereocenters. The first-order chi connectivity index (χ1) is 6.79. The summed E-state index contributed by atoms with van der Waals surface area (Å²) in [6, 6.07) is -0.227. The normalized spacial score (nSPS) is 16.3. The molecule has 0 aromatic carbocycles. The Labute approximate surface area is 89.1 Å². The van der Waals surface area contributed by atoms with Crippen LogP contribution in [0.5, 0.6) is 0 Å². The molecule has 0 aliphatic heterocycles. The fourth-order valence-electron chi connectivity index (χ4n) is 1.22. The fraction of sp³-hybridized carbons (Fsp3) is 0.625. The highest BCUT2D eigenvalue weighted by Crippen LogP contribution is 2.14. The molecule has 0 fully saturated rings. The van der Waals surface area contributed by atoms with Gasteiger partial charge in [-0.2, -0.15) is 0 Å². The van der Waals surface area contributed by atoms with Crippen LogP contribution in [0.2, 0.25) is 0 Å². The molecule has 7 heteroatoms. The number of aryl methyl sites for hydroxylation is 1. The van der Waals surface area contributed by atoms with Gasteiger partial charge in [0.25, 0.3) is 0 Å². The SMILES string of the molecule is CC(OS(=O)(=O)[O-])C(C)n1cc[n+](C)c1. The van der Waals surface area contributed by atoms with E-state index in [1.807, 2.05) is 17.8 Å². The highest BCUT2D eigenvalue weighted by molar-refractivity contribution is 7.80. The minimum atomic E-state index is -4.64.